The highest BCUT2D eigenvalue weighted by atomic mass is 15.0. The minimum atomic E-state index is 0.775. The van der Waals surface area contributed by atoms with Gasteiger partial charge in [-0.2, -0.15) is 0 Å². The van der Waals surface area contributed by atoms with Gasteiger partial charge in [0.1, 0.15) is 12.1 Å². The predicted molar refractivity (Wildman–Crippen MR) is 50.6 cm³/mol. The van der Waals surface area contributed by atoms with Crippen LogP contribution < -0.4 is 5.32 Å². The second-order valence-corrected chi connectivity index (χ2v) is 2.50. The number of hydrogen-bond donors (Lipinski definition) is 1. The van der Waals surface area contributed by atoms with Crippen LogP contribution in [0.4, 0.5) is 11.5 Å². The van der Waals surface area contributed by atoms with E-state index in [2.05, 4.69) is 21.4 Å². The van der Waals surface area contributed by atoms with Crippen LogP contribution in [0.1, 0.15) is 0 Å². The van der Waals surface area contributed by atoms with Gasteiger partial charge in [0.05, 0.1) is 0 Å². The molecule has 1 N–H and O–H groups in total. The average molecular weight is 170 g/mol. The second kappa shape index (κ2) is 3.67. The van der Waals surface area contributed by atoms with Crippen molar-refractivity contribution in [2.45, 2.75) is 0 Å². The Kier molecular flexibility index (Phi) is 2.18. The van der Waals surface area contributed by atoms with E-state index in [1.54, 1.807) is 12.3 Å². The Morgan fingerprint density at radius 2 is 2.23 bits per heavy atom. The third-order valence-electron chi connectivity index (χ3n) is 1.55. The maximum absolute atomic E-state index is 4.03. The molecule has 1 aromatic carbocycles. The summed E-state index contributed by atoms with van der Waals surface area (Å²) in [5.74, 6) is 0.775. The van der Waals surface area contributed by atoms with Gasteiger partial charge in [-0.05, 0) is 12.1 Å². The standard InChI is InChI=1S/C10H8N3/c1-2-4-9(5-3-1)13-10-6-7-11-8-12-10/h1-4,6-8H,(H,11,12,13). The number of nitrogens with one attached hydrogen (secondary N) is 1. The van der Waals surface area contributed by atoms with E-state index in [4.69, 9.17) is 0 Å². The zero-order chi connectivity index (χ0) is 8.93. The lowest BCUT2D eigenvalue weighted by molar-refractivity contribution is 1.17. The topological polar surface area (TPSA) is 37.8 Å². The van der Waals surface area contributed by atoms with Crippen molar-refractivity contribution < 1.29 is 0 Å². The molecule has 3 nitrogen and oxygen atoms in total. The number of nitrogens with zero attached hydrogens (tertiary/aromatic N) is 2. The fourth-order valence-electron chi connectivity index (χ4n) is 0.974. The van der Waals surface area contributed by atoms with Crippen LogP contribution in [0.3, 0.4) is 0 Å². The fraction of sp³-hybridized carbons (Fsp3) is 0. The second-order valence-electron chi connectivity index (χ2n) is 2.50. The quantitative estimate of drug-likeness (QED) is 0.749. The van der Waals surface area contributed by atoms with Crippen molar-refractivity contribution in [1.29, 1.82) is 0 Å². The number of aromatic nitrogens is 2. The van der Waals surface area contributed by atoms with E-state index in [-0.39, 0.29) is 0 Å². The fourth-order valence-corrected chi connectivity index (χ4v) is 0.974. The largest absolute Gasteiger partial charge is 0.340 e. The summed E-state index contributed by atoms with van der Waals surface area (Å²) in [6.07, 6.45) is 3.20. The molecule has 0 aliphatic rings. The number of anilines is 2. The van der Waals surface area contributed by atoms with Crippen molar-refractivity contribution in [2.75, 3.05) is 5.32 Å². The lowest BCUT2D eigenvalue weighted by atomic mass is 10.3. The Balaban J connectivity index is 2.16. The van der Waals surface area contributed by atoms with Gasteiger partial charge in [-0.3, -0.25) is 0 Å². The Morgan fingerprint density at radius 3 is 2.92 bits per heavy atom. The van der Waals surface area contributed by atoms with Gasteiger partial charge in [0.2, 0.25) is 0 Å². The molecule has 0 saturated carbocycles. The molecular weight excluding hydrogens is 162 g/mol. The van der Waals surface area contributed by atoms with Gasteiger partial charge in [-0.25, -0.2) is 9.97 Å². The van der Waals surface area contributed by atoms with Gasteiger partial charge < -0.3 is 5.32 Å². The first-order valence-electron chi connectivity index (χ1n) is 3.95. The number of benzene rings is 1. The SMILES string of the molecule is [c]1ccccc1Nc1ccncn1. The first-order valence-corrected chi connectivity index (χ1v) is 3.95. The molecule has 2 aromatic rings. The minimum absolute atomic E-state index is 0.775. The number of hydrogen-bond acceptors (Lipinski definition) is 3. The van der Waals surface area contributed by atoms with E-state index in [0.717, 1.165) is 11.5 Å². The molecule has 3 heteroatoms. The summed E-state index contributed by atoms with van der Waals surface area (Å²) in [5, 5.41) is 3.10. The molecule has 2 rings (SSSR count). The van der Waals surface area contributed by atoms with Crippen molar-refractivity contribution in [3.8, 4) is 0 Å². The first-order chi connectivity index (χ1) is 6.45. The van der Waals surface area contributed by atoms with Crippen molar-refractivity contribution in [2.24, 2.45) is 0 Å². The van der Waals surface area contributed by atoms with Crippen LogP contribution in [0, 0.1) is 6.07 Å². The van der Waals surface area contributed by atoms with Crippen LogP contribution in [-0.2, 0) is 0 Å². The number of rotatable bonds is 2. The van der Waals surface area contributed by atoms with E-state index in [1.165, 1.54) is 6.33 Å². The molecule has 0 atom stereocenters. The molecule has 1 heterocycles. The van der Waals surface area contributed by atoms with Gasteiger partial charge >= 0.3 is 0 Å². The molecular formula is C10H8N3. The van der Waals surface area contributed by atoms with Gasteiger partial charge in [0.25, 0.3) is 0 Å². The maximum atomic E-state index is 4.03. The van der Waals surface area contributed by atoms with Crippen LogP contribution in [0.5, 0.6) is 0 Å². The highest BCUT2D eigenvalue weighted by Crippen LogP contribution is 2.10. The lowest BCUT2D eigenvalue weighted by Crippen LogP contribution is -1.92. The Hall–Kier alpha value is -1.90. The molecule has 0 amide bonds. The Bertz CT molecular complexity index is 321. The monoisotopic (exact) mass is 170 g/mol. The third kappa shape index (κ3) is 2.02. The Morgan fingerprint density at radius 1 is 1.23 bits per heavy atom. The summed E-state index contributed by atoms with van der Waals surface area (Å²) in [7, 11) is 0. The third-order valence-corrected chi connectivity index (χ3v) is 1.55. The lowest BCUT2D eigenvalue weighted by Gasteiger charge is -2.02. The maximum Gasteiger partial charge on any atom is 0.133 e. The zero-order valence-electron chi connectivity index (χ0n) is 6.94. The van der Waals surface area contributed by atoms with Crippen LogP contribution in [-0.4, -0.2) is 9.97 Å². The molecule has 0 fully saturated rings. The molecule has 63 valence electrons. The van der Waals surface area contributed by atoms with Crippen molar-refractivity contribution in [3.63, 3.8) is 0 Å². The van der Waals surface area contributed by atoms with Crippen LogP contribution in [0.15, 0.2) is 42.9 Å². The molecule has 13 heavy (non-hydrogen) atoms. The molecule has 0 aliphatic heterocycles. The summed E-state index contributed by atoms with van der Waals surface area (Å²) in [4.78, 5) is 7.86. The summed E-state index contributed by atoms with van der Waals surface area (Å²) in [6.45, 7) is 0. The normalized spacial score (nSPS) is 9.54. The van der Waals surface area contributed by atoms with E-state index in [0.29, 0.717) is 0 Å². The molecule has 0 aliphatic carbocycles. The summed E-state index contributed by atoms with van der Waals surface area (Å²) in [5.41, 5.74) is 0.904. The van der Waals surface area contributed by atoms with E-state index >= 15 is 0 Å². The van der Waals surface area contributed by atoms with Crippen molar-refractivity contribution in [1.82, 2.24) is 9.97 Å². The van der Waals surface area contributed by atoms with Crippen molar-refractivity contribution in [3.05, 3.63) is 48.9 Å². The molecule has 0 spiro atoms. The van der Waals surface area contributed by atoms with Crippen LogP contribution in [0.25, 0.3) is 0 Å². The zero-order valence-corrected chi connectivity index (χ0v) is 6.94. The predicted octanol–water partition coefficient (Wildman–Crippen LogP) is 2.02. The van der Waals surface area contributed by atoms with E-state index in [9.17, 15) is 0 Å². The minimum Gasteiger partial charge on any atom is -0.340 e. The summed E-state index contributed by atoms with van der Waals surface area (Å²) in [6, 6.07) is 12.5. The summed E-state index contributed by atoms with van der Waals surface area (Å²) < 4.78 is 0. The molecule has 1 aromatic heterocycles. The van der Waals surface area contributed by atoms with Gasteiger partial charge in [-0.15, -0.1) is 0 Å². The highest BCUT2D eigenvalue weighted by Gasteiger charge is 1.92. The van der Waals surface area contributed by atoms with Gasteiger partial charge in [0.15, 0.2) is 0 Å². The van der Waals surface area contributed by atoms with Crippen LogP contribution >= 0.6 is 0 Å². The Labute approximate surface area is 76.5 Å². The number of para-hydroxylation sites is 1. The molecule has 0 saturated heterocycles. The molecule has 0 bridgehead atoms. The van der Waals surface area contributed by atoms with E-state index < -0.39 is 0 Å². The average Bonchev–Trinajstić information content (AvgIpc) is 2.21. The smallest absolute Gasteiger partial charge is 0.133 e. The molecule has 0 unspecified atom stereocenters. The van der Waals surface area contributed by atoms with Gasteiger partial charge in [-0.1, -0.05) is 18.2 Å². The van der Waals surface area contributed by atoms with Gasteiger partial charge in [0, 0.05) is 18.0 Å². The first kappa shape index (κ1) is 7.73. The highest BCUT2D eigenvalue weighted by molar-refractivity contribution is 5.54. The molecule has 1 radical (unpaired) electrons. The van der Waals surface area contributed by atoms with Crippen LogP contribution in [0.2, 0.25) is 0 Å². The van der Waals surface area contributed by atoms with Crippen molar-refractivity contribution >= 4 is 11.5 Å². The summed E-state index contributed by atoms with van der Waals surface area (Å²) >= 11 is 0. The van der Waals surface area contributed by atoms with E-state index in [1.807, 2.05) is 24.3 Å².